The minimum absolute atomic E-state index is 1.20. The summed E-state index contributed by atoms with van der Waals surface area (Å²) in [5.74, 6) is 0. The van der Waals surface area contributed by atoms with Gasteiger partial charge in [-0.05, 0) is 28.3 Å². The predicted molar refractivity (Wildman–Crippen MR) is 137 cm³/mol. The first-order chi connectivity index (χ1) is 15.9. The molecular weight excluding hydrogens is 388 g/mol. The standard InChI is InChI=1S/C30H16N2/c1-2-7-17-16(6-1)18-8-5-13-24-26(18)27-25(31-24)15-14-23-22-12-4-11-21-20-10-3-9-19(17)28(20)32(29(21)22)30(23)27/h1-15,31H. The average molecular weight is 404 g/mol. The van der Waals surface area contributed by atoms with E-state index in [0.717, 1.165) is 0 Å². The molecule has 32 heavy (non-hydrogen) atoms. The van der Waals surface area contributed by atoms with Gasteiger partial charge in [0.2, 0.25) is 0 Å². The fourth-order valence-corrected chi connectivity index (χ4v) is 6.42. The Balaban J connectivity index is 1.89. The van der Waals surface area contributed by atoms with Gasteiger partial charge in [-0.3, -0.25) is 0 Å². The fraction of sp³-hybridized carbons (Fsp3) is 0. The van der Waals surface area contributed by atoms with E-state index in [9.17, 15) is 0 Å². The van der Waals surface area contributed by atoms with E-state index in [1.54, 1.807) is 0 Å². The van der Waals surface area contributed by atoms with Gasteiger partial charge in [0.15, 0.2) is 0 Å². The maximum absolute atomic E-state index is 3.72. The first kappa shape index (κ1) is 15.5. The lowest BCUT2D eigenvalue weighted by Gasteiger charge is -2.03. The number of hydrogen-bond acceptors (Lipinski definition) is 0. The summed E-state index contributed by atoms with van der Waals surface area (Å²) < 4.78 is 2.55. The number of nitrogens with one attached hydrogen (secondary N) is 1. The van der Waals surface area contributed by atoms with Crippen LogP contribution in [0.4, 0.5) is 0 Å². The third kappa shape index (κ3) is 1.52. The highest BCUT2D eigenvalue weighted by molar-refractivity contribution is 6.36. The largest absolute Gasteiger partial charge is 0.354 e. The van der Waals surface area contributed by atoms with E-state index in [2.05, 4.69) is 100 Å². The highest BCUT2D eigenvalue weighted by Gasteiger charge is 2.22. The Morgan fingerprint density at radius 3 is 1.59 bits per heavy atom. The van der Waals surface area contributed by atoms with Gasteiger partial charge in [0, 0.05) is 48.7 Å². The number of hydrogen-bond donors (Lipinski definition) is 1. The van der Waals surface area contributed by atoms with Crippen molar-refractivity contribution in [2.45, 2.75) is 0 Å². The lowest BCUT2D eigenvalue weighted by molar-refractivity contribution is 1.39. The molecule has 5 aromatic carbocycles. The zero-order valence-corrected chi connectivity index (χ0v) is 17.1. The van der Waals surface area contributed by atoms with Crippen LogP contribution in [0.1, 0.15) is 0 Å². The minimum atomic E-state index is 1.20. The van der Waals surface area contributed by atoms with Crippen LogP contribution in [-0.2, 0) is 0 Å². The Bertz CT molecular complexity index is 2190. The lowest BCUT2D eigenvalue weighted by atomic mass is 10.0. The lowest BCUT2D eigenvalue weighted by Crippen LogP contribution is -1.83. The molecule has 0 fully saturated rings. The van der Waals surface area contributed by atoms with Crippen LogP contribution in [0.25, 0.3) is 81.4 Å². The highest BCUT2D eigenvalue weighted by Crippen LogP contribution is 2.46. The number of rotatable bonds is 0. The van der Waals surface area contributed by atoms with Crippen molar-refractivity contribution in [2.24, 2.45) is 0 Å². The Morgan fingerprint density at radius 2 is 0.875 bits per heavy atom. The Kier molecular flexibility index (Phi) is 2.40. The van der Waals surface area contributed by atoms with Gasteiger partial charge in [-0.1, -0.05) is 78.9 Å². The molecule has 2 nitrogen and oxygen atoms in total. The van der Waals surface area contributed by atoms with Crippen LogP contribution in [0.15, 0.2) is 91.0 Å². The molecular formula is C30H16N2. The van der Waals surface area contributed by atoms with Crippen LogP contribution >= 0.6 is 0 Å². The monoisotopic (exact) mass is 404 g/mol. The van der Waals surface area contributed by atoms with Crippen LogP contribution in [0.2, 0.25) is 0 Å². The van der Waals surface area contributed by atoms with Gasteiger partial charge in [-0.25, -0.2) is 0 Å². The van der Waals surface area contributed by atoms with E-state index in [-0.39, 0.29) is 0 Å². The second kappa shape index (κ2) is 4.95. The molecule has 1 N–H and O–H groups in total. The van der Waals surface area contributed by atoms with Gasteiger partial charge >= 0.3 is 0 Å². The molecule has 0 saturated carbocycles. The first-order valence-corrected chi connectivity index (χ1v) is 11.1. The normalized spacial score (nSPS) is 13.0. The molecule has 0 atom stereocenters. The first-order valence-electron chi connectivity index (χ1n) is 11.1. The molecule has 0 radical (unpaired) electrons. The molecule has 146 valence electrons. The van der Waals surface area contributed by atoms with Crippen LogP contribution in [0.5, 0.6) is 0 Å². The number of para-hydroxylation sites is 2. The van der Waals surface area contributed by atoms with E-state index in [1.165, 1.54) is 81.4 Å². The number of nitrogens with zero attached hydrogens (tertiary/aromatic N) is 1. The summed E-state index contributed by atoms with van der Waals surface area (Å²) in [6.45, 7) is 0. The van der Waals surface area contributed by atoms with Gasteiger partial charge in [0.25, 0.3) is 0 Å². The quantitative estimate of drug-likeness (QED) is 0.263. The van der Waals surface area contributed by atoms with E-state index in [0.29, 0.717) is 0 Å². The molecule has 0 spiro atoms. The molecule has 4 heterocycles. The van der Waals surface area contributed by atoms with Crippen LogP contribution in [0, 0.1) is 0 Å². The third-order valence-electron chi connectivity index (χ3n) is 7.59. The molecule has 0 bridgehead atoms. The smallest absolute Gasteiger partial charge is 0.0642 e. The molecule has 2 heteroatoms. The van der Waals surface area contributed by atoms with Gasteiger partial charge < -0.3 is 9.38 Å². The van der Waals surface area contributed by atoms with E-state index in [4.69, 9.17) is 0 Å². The number of benzene rings is 5. The molecule has 0 unspecified atom stereocenters. The molecule has 0 amide bonds. The van der Waals surface area contributed by atoms with Gasteiger partial charge in [0.05, 0.1) is 16.6 Å². The van der Waals surface area contributed by atoms with Crippen molar-refractivity contribution in [3.63, 3.8) is 0 Å². The van der Waals surface area contributed by atoms with Crippen LogP contribution < -0.4 is 0 Å². The SMILES string of the molecule is c1ccc2c(c1)c1cccc3[nH]c4ccc5c6cccc7c8cccc2c8n(c76)c5c4c31. The average Bonchev–Trinajstić information content (AvgIpc) is 3.50. The number of fused-ring (bicyclic) bond motifs is 5. The maximum Gasteiger partial charge on any atom is 0.0642 e. The molecule has 0 saturated heterocycles. The molecule has 0 aliphatic rings. The number of H-pyrrole nitrogens is 1. The molecule has 0 aliphatic heterocycles. The molecule has 9 rings (SSSR count). The van der Waals surface area contributed by atoms with Gasteiger partial charge in [-0.2, -0.15) is 0 Å². The van der Waals surface area contributed by atoms with Crippen molar-refractivity contribution in [3.8, 4) is 0 Å². The van der Waals surface area contributed by atoms with Crippen molar-refractivity contribution in [3.05, 3.63) is 91.0 Å². The van der Waals surface area contributed by atoms with Crippen LogP contribution in [0.3, 0.4) is 0 Å². The van der Waals surface area contributed by atoms with Crippen LogP contribution in [-0.4, -0.2) is 9.38 Å². The Hall–Kier alpha value is -4.30. The maximum atomic E-state index is 3.72. The summed E-state index contributed by atoms with van der Waals surface area (Å²) in [5.41, 5.74) is 6.37. The fourth-order valence-electron chi connectivity index (χ4n) is 6.42. The molecule has 4 aromatic heterocycles. The van der Waals surface area contributed by atoms with Crippen molar-refractivity contribution in [1.29, 1.82) is 0 Å². The number of aromatic nitrogens is 2. The molecule has 9 aromatic rings. The third-order valence-corrected chi connectivity index (χ3v) is 7.59. The van der Waals surface area contributed by atoms with Crippen molar-refractivity contribution >= 4 is 81.4 Å². The summed E-state index contributed by atoms with van der Waals surface area (Å²) in [6, 6.07) is 33.7. The highest BCUT2D eigenvalue weighted by atomic mass is 14.9. The zero-order valence-electron chi connectivity index (χ0n) is 17.1. The Morgan fingerprint density at radius 1 is 0.375 bits per heavy atom. The number of aromatic amines is 1. The predicted octanol–water partition coefficient (Wildman–Crippen LogP) is 8.22. The molecule has 0 aliphatic carbocycles. The Labute approximate surface area is 181 Å². The summed E-state index contributed by atoms with van der Waals surface area (Å²) in [5, 5.41) is 13.2. The second-order valence-corrected chi connectivity index (χ2v) is 9.02. The van der Waals surface area contributed by atoms with E-state index >= 15 is 0 Å². The van der Waals surface area contributed by atoms with Gasteiger partial charge in [-0.15, -0.1) is 0 Å². The second-order valence-electron chi connectivity index (χ2n) is 9.02. The van der Waals surface area contributed by atoms with E-state index < -0.39 is 0 Å². The minimum Gasteiger partial charge on any atom is -0.354 e. The summed E-state index contributed by atoms with van der Waals surface area (Å²) in [6.07, 6.45) is 0. The van der Waals surface area contributed by atoms with Crippen molar-refractivity contribution < 1.29 is 0 Å². The van der Waals surface area contributed by atoms with Crippen molar-refractivity contribution in [1.82, 2.24) is 9.38 Å². The summed E-state index contributed by atoms with van der Waals surface area (Å²) >= 11 is 0. The topological polar surface area (TPSA) is 20.2 Å². The summed E-state index contributed by atoms with van der Waals surface area (Å²) in [4.78, 5) is 3.72. The van der Waals surface area contributed by atoms with E-state index in [1.807, 2.05) is 0 Å². The van der Waals surface area contributed by atoms with Gasteiger partial charge in [0.1, 0.15) is 0 Å². The summed E-state index contributed by atoms with van der Waals surface area (Å²) in [7, 11) is 0. The van der Waals surface area contributed by atoms with Crippen molar-refractivity contribution in [2.75, 3.05) is 0 Å². The zero-order chi connectivity index (χ0) is 20.6.